The third kappa shape index (κ3) is 1.12. The lowest BCUT2D eigenvalue weighted by atomic mass is 9.85. The highest BCUT2D eigenvalue weighted by atomic mass is 35.5. The van der Waals surface area contributed by atoms with Crippen LogP contribution in [0.25, 0.3) is 11.2 Å². The minimum atomic E-state index is 0.597. The van der Waals surface area contributed by atoms with Crippen molar-refractivity contribution in [1.29, 1.82) is 0 Å². The van der Waals surface area contributed by atoms with Crippen molar-refractivity contribution in [1.82, 2.24) is 15.0 Å². The Morgan fingerprint density at radius 2 is 2.29 bits per heavy atom. The highest BCUT2D eigenvalue weighted by molar-refractivity contribution is 6.34. The van der Waals surface area contributed by atoms with E-state index in [2.05, 4.69) is 15.0 Å². The third-order valence-corrected chi connectivity index (χ3v) is 3.15. The van der Waals surface area contributed by atoms with Gasteiger partial charge in [-0.2, -0.15) is 0 Å². The molecule has 0 saturated heterocycles. The zero-order valence-electron chi connectivity index (χ0n) is 7.63. The number of hydrogen-bond donors (Lipinski definition) is 1. The van der Waals surface area contributed by atoms with Gasteiger partial charge in [0.1, 0.15) is 11.3 Å². The molecule has 3 nitrogen and oxygen atoms in total. The molecule has 0 spiro atoms. The van der Waals surface area contributed by atoms with Gasteiger partial charge in [0.25, 0.3) is 0 Å². The second-order valence-electron chi connectivity index (χ2n) is 3.74. The standard InChI is InChI=1S/C10H10ClN3/c11-7-4-5-12-10-8(7)13-9(14-10)6-2-1-3-6/h4-6H,1-3H2,(H,12,13,14). The van der Waals surface area contributed by atoms with Crippen molar-refractivity contribution < 1.29 is 0 Å². The lowest BCUT2D eigenvalue weighted by molar-refractivity contribution is 0.404. The second-order valence-corrected chi connectivity index (χ2v) is 4.15. The van der Waals surface area contributed by atoms with Crippen LogP contribution in [-0.4, -0.2) is 15.0 Å². The van der Waals surface area contributed by atoms with E-state index < -0.39 is 0 Å². The molecule has 1 N–H and O–H groups in total. The van der Waals surface area contributed by atoms with Gasteiger partial charge in [-0.3, -0.25) is 0 Å². The lowest BCUT2D eigenvalue weighted by Crippen LogP contribution is -2.10. The summed E-state index contributed by atoms with van der Waals surface area (Å²) in [5, 5.41) is 0.678. The SMILES string of the molecule is Clc1ccnc2[nH]c(C3CCC3)nc12. The number of aromatic nitrogens is 3. The molecule has 1 fully saturated rings. The number of nitrogens with zero attached hydrogens (tertiary/aromatic N) is 2. The molecule has 0 radical (unpaired) electrons. The summed E-state index contributed by atoms with van der Waals surface area (Å²) in [5.41, 5.74) is 1.61. The van der Waals surface area contributed by atoms with Crippen LogP contribution in [-0.2, 0) is 0 Å². The van der Waals surface area contributed by atoms with Crippen LogP contribution in [0.4, 0.5) is 0 Å². The third-order valence-electron chi connectivity index (χ3n) is 2.85. The van der Waals surface area contributed by atoms with Crippen LogP contribution in [0.1, 0.15) is 31.0 Å². The summed E-state index contributed by atoms with van der Waals surface area (Å²) in [6, 6.07) is 1.77. The number of hydrogen-bond acceptors (Lipinski definition) is 2. The van der Waals surface area contributed by atoms with Gasteiger partial charge in [-0.15, -0.1) is 0 Å². The number of pyridine rings is 1. The van der Waals surface area contributed by atoms with E-state index in [9.17, 15) is 0 Å². The van der Waals surface area contributed by atoms with Gasteiger partial charge in [0, 0.05) is 12.1 Å². The molecule has 1 aliphatic carbocycles. The molecule has 72 valence electrons. The number of aromatic amines is 1. The Kier molecular flexibility index (Phi) is 1.74. The summed E-state index contributed by atoms with van der Waals surface area (Å²) in [4.78, 5) is 11.9. The number of halogens is 1. The van der Waals surface area contributed by atoms with E-state index >= 15 is 0 Å². The minimum Gasteiger partial charge on any atom is -0.326 e. The average Bonchev–Trinajstić information content (AvgIpc) is 2.46. The van der Waals surface area contributed by atoms with Crippen molar-refractivity contribution >= 4 is 22.8 Å². The van der Waals surface area contributed by atoms with E-state index in [1.165, 1.54) is 19.3 Å². The van der Waals surface area contributed by atoms with Crippen LogP contribution >= 0.6 is 11.6 Å². The summed E-state index contributed by atoms with van der Waals surface area (Å²) >= 11 is 6.01. The van der Waals surface area contributed by atoms with Gasteiger partial charge in [-0.05, 0) is 18.9 Å². The largest absolute Gasteiger partial charge is 0.326 e. The van der Waals surface area contributed by atoms with E-state index in [-0.39, 0.29) is 0 Å². The Morgan fingerprint density at radius 1 is 1.43 bits per heavy atom. The van der Waals surface area contributed by atoms with Crippen molar-refractivity contribution in [2.75, 3.05) is 0 Å². The molecule has 0 aromatic carbocycles. The molecule has 0 amide bonds. The number of nitrogens with one attached hydrogen (secondary N) is 1. The molecular formula is C10H10ClN3. The number of fused-ring (bicyclic) bond motifs is 1. The van der Waals surface area contributed by atoms with E-state index in [0.717, 1.165) is 17.0 Å². The van der Waals surface area contributed by atoms with Gasteiger partial charge in [-0.25, -0.2) is 9.97 Å². The summed E-state index contributed by atoms with van der Waals surface area (Å²) < 4.78 is 0. The zero-order valence-corrected chi connectivity index (χ0v) is 8.38. The normalized spacial score (nSPS) is 17.2. The van der Waals surface area contributed by atoms with Crippen molar-refractivity contribution in [2.45, 2.75) is 25.2 Å². The Labute approximate surface area is 86.5 Å². The monoisotopic (exact) mass is 207 g/mol. The topological polar surface area (TPSA) is 41.6 Å². The molecular weight excluding hydrogens is 198 g/mol. The predicted octanol–water partition coefficient (Wildman–Crippen LogP) is 2.88. The van der Waals surface area contributed by atoms with E-state index in [4.69, 9.17) is 11.6 Å². The first-order valence-electron chi connectivity index (χ1n) is 4.85. The number of imidazole rings is 1. The van der Waals surface area contributed by atoms with Gasteiger partial charge in [0.15, 0.2) is 5.65 Å². The molecule has 0 unspecified atom stereocenters. The molecule has 1 aliphatic rings. The van der Waals surface area contributed by atoms with E-state index in [1.54, 1.807) is 12.3 Å². The molecule has 14 heavy (non-hydrogen) atoms. The van der Waals surface area contributed by atoms with Gasteiger partial charge >= 0.3 is 0 Å². The van der Waals surface area contributed by atoms with Gasteiger partial charge in [0.05, 0.1) is 5.02 Å². The molecule has 0 atom stereocenters. The Morgan fingerprint density at radius 3 is 2.93 bits per heavy atom. The fraction of sp³-hybridized carbons (Fsp3) is 0.400. The molecule has 4 heteroatoms. The van der Waals surface area contributed by atoms with Crippen LogP contribution in [0.2, 0.25) is 5.02 Å². The molecule has 2 heterocycles. The van der Waals surface area contributed by atoms with Crippen molar-refractivity contribution in [3.8, 4) is 0 Å². The number of rotatable bonds is 1. The average molecular weight is 208 g/mol. The van der Waals surface area contributed by atoms with Crippen molar-refractivity contribution in [3.05, 3.63) is 23.1 Å². The molecule has 0 aliphatic heterocycles. The van der Waals surface area contributed by atoms with Crippen LogP contribution in [0.15, 0.2) is 12.3 Å². The van der Waals surface area contributed by atoms with Crippen LogP contribution < -0.4 is 0 Å². The minimum absolute atomic E-state index is 0.597. The van der Waals surface area contributed by atoms with Crippen LogP contribution in [0, 0.1) is 0 Å². The van der Waals surface area contributed by atoms with Crippen LogP contribution in [0.5, 0.6) is 0 Å². The smallest absolute Gasteiger partial charge is 0.158 e. The van der Waals surface area contributed by atoms with Crippen LogP contribution in [0.3, 0.4) is 0 Å². The van der Waals surface area contributed by atoms with Gasteiger partial charge in [-0.1, -0.05) is 18.0 Å². The highest BCUT2D eigenvalue weighted by Crippen LogP contribution is 2.35. The molecule has 2 aromatic rings. The summed E-state index contributed by atoms with van der Waals surface area (Å²) in [5.74, 6) is 1.65. The molecule has 2 aromatic heterocycles. The Balaban J connectivity index is 2.15. The first-order valence-corrected chi connectivity index (χ1v) is 5.22. The Hall–Kier alpha value is -1.09. The second kappa shape index (κ2) is 2.95. The first-order chi connectivity index (χ1) is 6.84. The summed E-state index contributed by atoms with van der Waals surface area (Å²) in [6.45, 7) is 0. The Bertz CT molecular complexity index is 473. The predicted molar refractivity (Wildman–Crippen MR) is 55.5 cm³/mol. The molecule has 0 bridgehead atoms. The quantitative estimate of drug-likeness (QED) is 0.781. The lowest BCUT2D eigenvalue weighted by Gasteiger charge is -2.22. The fourth-order valence-electron chi connectivity index (χ4n) is 1.77. The summed E-state index contributed by atoms with van der Waals surface area (Å²) in [7, 11) is 0. The summed E-state index contributed by atoms with van der Waals surface area (Å²) in [6.07, 6.45) is 5.48. The maximum absolute atomic E-state index is 6.01. The molecule has 1 saturated carbocycles. The van der Waals surface area contributed by atoms with E-state index in [0.29, 0.717) is 10.9 Å². The molecule has 3 rings (SSSR count). The zero-order chi connectivity index (χ0) is 9.54. The first kappa shape index (κ1) is 8.24. The fourth-order valence-corrected chi connectivity index (χ4v) is 1.96. The van der Waals surface area contributed by atoms with Crippen molar-refractivity contribution in [3.63, 3.8) is 0 Å². The van der Waals surface area contributed by atoms with Gasteiger partial charge in [0.2, 0.25) is 0 Å². The number of H-pyrrole nitrogens is 1. The maximum atomic E-state index is 6.01. The van der Waals surface area contributed by atoms with Gasteiger partial charge < -0.3 is 4.98 Å². The van der Waals surface area contributed by atoms with Crippen molar-refractivity contribution in [2.24, 2.45) is 0 Å². The maximum Gasteiger partial charge on any atom is 0.158 e. The van der Waals surface area contributed by atoms with E-state index in [1.807, 2.05) is 0 Å². The highest BCUT2D eigenvalue weighted by Gasteiger charge is 2.23.